The lowest BCUT2D eigenvalue weighted by atomic mass is 10.0. The first-order valence-corrected chi connectivity index (χ1v) is 7.40. The summed E-state index contributed by atoms with van der Waals surface area (Å²) < 4.78 is 5.54. The fourth-order valence-corrected chi connectivity index (χ4v) is 2.75. The Bertz CT molecular complexity index is 733. The molecule has 1 atom stereocenters. The highest BCUT2D eigenvalue weighted by atomic mass is 16.3. The molecule has 21 heavy (non-hydrogen) atoms. The van der Waals surface area contributed by atoms with Crippen molar-refractivity contribution in [2.45, 2.75) is 25.8 Å². The molecule has 3 aromatic rings. The topological polar surface area (TPSA) is 38.1 Å². The van der Waals surface area contributed by atoms with E-state index in [-0.39, 0.29) is 6.04 Å². The van der Waals surface area contributed by atoms with Crippen molar-refractivity contribution >= 4 is 10.9 Å². The molecule has 2 heterocycles. The first kappa shape index (κ1) is 13.8. The molecule has 1 unspecified atom stereocenters. The predicted octanol–water partition coefficient (Wildman–Crippen LogP) is 3.89. The zero-order valence-corrected chi connectivity index (χ0v) is 12.5. The molecule has 0 aliphatic rings. The summed E-state index contributed by atoms with van der Waals surface area (Å²) in [4.78, 5) is 4.76. The van der Waals surface area contributed by atoms with Gasteiger partial charge in [-0.1, -0.05) is 31.2 Å². The predicted molar refractivity (Wildman–Crippen MR) is 85.3 cm³/mol. The fourth-order valence-electron chi connectivity index (χ4n) is 2.75. The second kappa shape index (κ2) is 6.10. The lowest BCUT2D eigenvalue weighted by Crippen LogP contribution is -2.20. The van der Waals surface area contributed by atoms with Crippen LogP contribution in [-0.4, -0.2) is 12.0 Å². The van der Waals surface area contributed by atoms with Crippen molar-refractivity contribution in [3.63, 3.8) is 0 Å². The number of hydrogen-bond donors (Lipinski definition) is 1. The van der Waals surface area contributed by atoms with Crippen LogP contribution in [0.25, 0.3) is 10.9 Å². The van der Waals surface area contributed by atoms with Gasteiger partial charge in [0.1, 0.15) is 5.76 Å². The molecular formula is C18H20N2O. The van der Waals surface area contributed by atoms with E-state index in [0.717, 1.165) is 29.8 Å². The van der Waals surface area contributed by atoms with Crippen molar-refractivity contribution in [2.75, 3.05) is 7.05 Å². The Labute approximate surface area is 125 Å². The molecule has 2 aromatic heterocycles. The number of likely N-dealkylation sites (N-methyl/N-ethyl adjacent to an activating group) is 1. The zero-order valence-electron chi connectivity index (χ0n) is 12.5. The van der Waals surface area contributed by atoms with Crippen LogP contribution in [0.2, 0.25) is 0 Å². The van der Waals surface area contributed by atoms with Gasteiger partial charge in [-0.05, 0) is 25.2 Å². The van der Waals surface area contributed by atoms with Crippen LogP contribution >= 0.6 is 0 Å². The third-order valence-corrected chi connectivity index (χ3v) is 3.89. The van der Waals surface area contributed by atoms with Gasteiger partial charge in [0.25, 0.3) is 0 Å². The molecule has 0 amide bonds. The summed E-state index contributed by atoms with van der Waals surface area (Å²) in [6.45, 7) is 2.11. The number of rotatable bonds is 5. The summed E-state index contributed by atoms with van der Waals surface area (Å²) in [5, 5.41) is 4.56. The van der Waals surface area contributed by atoms with Crippen LogP contribution in [0.15, 0.2) is 53.1 Å². The maximum absolute atomic E-state index is 5.54. The lowest BCUT2D eigenvalue weighted by Gasteiger charge is -2.16. The van der Waals surface area contributed by atoms with Gasteiger partial charge in [-0.25, -0.2) is 0 Å². The van der Waals surface area contributed by atoms with Gasteiger partial charge in [0.2, 0.25) is 0 Å². The normalized spacial score (nSPS) is 12.7. The van der Waals surface area contributed by atoms with Gasteiger partial charge in [0.15, 0.2) is 0 Å². The molecule has 0 saturated carbocycles. The molecule has 3 nitrogen and oxygen atoms in total. The number of fused-ring (bicyclic) bond motifs is 1. The van der Waals surface area contributed by atoms with Gasteiger partial charge >= 0.3 is 0 Å². The molecule has 0 fully saturated rings. The number of hydrogen-bond acceptors (Lipinski definition) is 3. The summed E-state index contributed by atoms with van der Waals surface area (Å²) in [7, 11) is 1.98. The van der Waals surface area contributed by atoms with Crippen molar-refractivity contribution in [1.82, 2.24) is 10.3 Å². The third-order valence-electron chi connectivity index (χ3n) is 3.89. The van der Waals surface area contributed by atoms with Crippen molar-refractivity contribution in [2.24, 2.45) is 0 Å². The van der Waals surface area contributed by atoms with Gasteiger partial charge in [0.05, 0.1) is 11.8 Å². The van der Waals surface area contributed by atoms with E-state index in [1.54, 1.807) is 6.26 Å². The van der Waals surface area contributed by atoms with Crippen molar-refractivity contribution in [1.29, 1.82) is 0 Å². The first-order valence-electron chi connectivity index (χ1n) is 7.40. The molecule has 3 rings (SSSR count). The Morgan fingerprint density at radius 2 is 2.00 bits per heavy atom. The maximum Gasteiger partial charge on any atom is 0.108 e. The van der Waals surface area contributed by atoms with E-state index in [2.05, 4.69) is 42.6 Å². The minimum absolute atomic E-state index is 0.229. The van der Waals surface area contributed by atoms with E-state index in [0.29, 0.717) is 0 Å². The van der Waals surface area contributed by atoms with E-state index in [1.165, 1.54) is 10.9 Å². The Balaban J connectivity index is 1.88. The fraction of sp³-hybridized carbons (Fsp3) is 0.278. The Hall–Kier alpha value is -2.13. The number of furan rings is 1. The molecule has 1 aromatic carbocycles. The van der Waals surface area contributed by atoms with E-state index >= 15 is 0 Å². The Morgan fingerprint density at radius 3 is 2.81 bits per heavy atom. The molecule has 0 bridgehead atoms. The minimum Gasteiger partial charge on any atom is -0.469 e. The van der Waals surface area contributed by atoms with E-state index in [9.17, 15) is 0 Å². The van der Waals surface area contributed by atoms with Gasteiger partial charge < -0.3 is 9.73 Å². The van der Waals surface area contributed by atoms with Crippen LogP contribution < -0.4 is 5.32 Å². The molecule has 0 spiro atoms. The van der Waals surface area contributed by atoms with Crippen LogP contribution in [0.5, 0.6) is 0 Å². The number of benzene rings is 1. The van der Waals surface area contributed by atoms with E-state index in [1.807, 2.05) is 19.2 Å². The second-order valence-corrected chi connectivity index (χ2v) is 5.19. The highest BCUT2D eigenvalue weighted by molar-refractivity contribution is 5.78. The summed E-state index contributed by atoms with van der Waals surface area (Å²) in [6, 6.07) is 14.8. The molecule has 0 aliphatic heterocycles. The van der Waals surface area contributed by atoms with Crippen LogP contribution in [-0.2, 0) is 12.8 Å². The summed E-state index contributed by atoms with van der Waals surface area (Å²) in [6.07, 6.45) is 3.53. The third kappa shape index (κ3) is 2.83. The molecule has 0 radical (unpaired) electrons. The number of aromatic nitrogens is 1. The van der Waals surface area contributed by atoms with Crippen LogP contribution in [0, 0.1) is 0 Å². The number of para-hydroxylation sites is 1. The van der Waals surface area contributed by atoms with Crippen LogP contribution in [0.1, 0.15) is 30.0 Å². The van der Waals surface area contributed by atoms with Crippen molar-refractivity contribution in [3.8, 4) is 0 Å². The second-order valence-electron chi connectivity index (χ2n) is 5.19. The van der Waals surface area contributed by atoms with Crippen molar-refractivity contribution < 1.29 is 4.42 Å². The van der Waals surface area contributed by atoms with Crippen LogP contribution in [0.3, 0.4) is 0 Å². The molecule has 0 saturated heterocycles. The van der Waals surface area contributed by atoms with Gasteiger partial charge in [-0.3, -0.25) is 4.98 Å². The smallest absolute Gasteiger partial charge is 0.108 e. The molecule has 0 aliphatic carbocycles. The summed E-state index contributed by atoms with van der Waals surface area (Å²) in [5.74, 6) is 1.05. The largest absolute Gasteiger partial charge is 0.469 e. The average molecular weight is 280 g/mol. The number of nitrogens with zero attached hydrogens (tertiary/aromatic N) is 1. The first-order chi connectivity index (χ1) is 10.3. The van der Waals surface area contributed by atoms with Crippen molar-refractivity contribution in [3.05, 3.63) is 65.7 Å². The van der Waals surface area contributed by atoms with Gasteiger partial charge in [-0.15, -0.1) is 0 Å². The van der Waals surface area contributed by atoms with E-state index < -0.39 is 0 Å². The number of pyridine rings is 1. The molecular weight excluding hydrogens is 260 g/mol. The Kier molecular flexibility index (Phi) is 4.02. The molecule has 108 valence electrons. The Morgan fingerprint density at radius 1 is 1.14 bits per heavy atom. The minimum atomic E-state index is 0.229. The average Bonchev–Trinajstić information content (AvgIpc) is 3.01. The molecule has 3 heteroatoms. The quantitative estimate of drug-likeness (QED) is 0.770. The highest BCUT2D eigenvalue weighted by Crippen LogP contribution is 2.23. The molecule has 1 N–H and O–H groups in total. The summed E-state index contributed by atoms with van der Waals surface area (Å²) >= 11 is 0. The zero-order chi connectivity index (χ0) is 14.7. The monoisotopic (exact) mass is 280 g/mol. The standard InChI is InChI=1S/C18H20N2O/c1-3-18-15(10-11-21-18)17(19-2)12-14-9-8-13-6-4-5-7-16(13)20-14/h4-11,17,19H,3,12H2,1-2H3. The number of nitrogens with one attached hydrogen (secondary N) is 1. The lowest BCUT2D eigenvalue weighted by molar-refractivity contribution is 0.494. The van der Waals surface area contributed by atoms with Gasteiger partial charge in [0, 0.05) is 35.5 Å². The SMILES string of the molecule is CCc1occc1C(Cc1ccc2ccccc2n1)NC. The number of aryl methyl sites for hydroxylation is 1. The maximum atomic E-state index is 5.54. The van der Waals surface area contributed by atoms with Gasteiger partial charge in [-0.2, -0.15) is 0 Å². The van der Waals surface area contributed by atoms with Crippen LogP contribution in [0.4, 0.5) is 0 Å². The highest BCUT2D eigenvalue weighted by Gasteiger charge is 2.16. The summed E-state index contributed by atoms with van der Waals surface area (Å²) in [5.41, 5.74) is 3.37. The van der Waals surface area contributed by atoms with E-state index in [4.69, 9.17) is 9.40 Å².